The Morgan fingerprint density at radius 2 is 1.88 bits per heavy atom. The van der Waals surface area contributed by atoms with Gasteiger partial charge in [0.05, 0.1) is 6.10 Å². The Balaban J connectivity index is 1.53. The molecule has 0 atom stereocenters. The summed E-state index contributed by atoms with van der Waals surface area (Å²) in [5.74, 6) is 0.104. The molecule has 6 nitrogen and oxygen atoms in total. The Morgan fingerprint density at radius 3 is 2.54 bits per heavy atom. The molecular weight excluding hydrogens is 332 g/mol. The summed E-state index contributed by atoms with van der Waals surface area (Å²) in [7, 11) is 0. The van der Waals surface area contributed by atoms with E-state index < -0.39 is 0 Å². The molecule has 24 heavy (non-hydrogen) atoms. The van der Waals surface area contributed by atoms with Gasteiger partial charge in [0.25, 0.3) is 5.91 Å². The average Bonchev–Trinajstić information content (AvgIpc) is 3.37. The van der Waals surface area contributed by atoms with Crippen LogP contribution >= 0.6 is 11.6 Å². The van der Waals surface area contributed by atoms with E-state index >= 15 is 0 Å². The lowest BCUT2D eigenvalue weighted by molar-refractivity contribution is -0.125. The van der Waals surface area contributed by atoms with Crippen molar-refractivity contribution in [2.24, 2.45) is 0 Å². The number of ether oxygens (including phenoxy) is 2. The zero-order valence-corrected chi connectivity index (χ0v) is 14.1. The lowest BCUT2D eigenvalue weighted by Crippen LogP contribution is -2.32. The minimum atomic E-state index is -0.249. The molecule has 1 saturated carbocycles. The second kappa shape index (κ2) is 9.30. The zero-order chi connectivity index (χ0) is 17.4. The summed E-state index contributed by atoms with van der Waals surface area (Å²) in [6, 6.07) is 6.76. The van der Waals surface area contributed by atoms with Gasteiger partial charge in [-0.1, -0.05) is 18.2 Å². The molecule has 0 saturated heterocycles. The third kappa shape index (κ3) is 7.48. The molecule has 1 aromatic carbocycles. The van der Waals surface area contributed by atoms with E-state index in [-0.39, 0.29) is 31.1 Å². The Bertz CT molecular complexity index is 585. The van der Waals surface area contributed by atoms with E-state index in [1.807, 2.05) is 0 Å². The van der Waals surface area contributed by atoms with Gasteiger partial charge in [0.1, 0.15) is 12.4 Å². The Labute approximate surface area is 146 Å². The van der Waals surface area contributed by atoms with Crippen LogP contribution in [-0.2, 0) is 14.3 Å². The topological polar surface area (TPSA) is 76.7 Å². The standard InChI is InChI=1S/C17H21ClN2O4/c1-12(20-17(22)11-24-15-6-7-15)8-9-19-16(21)10-23-14-4-2-13(18)3-5-14/h2-5,15H,1,6-11H2,(H,19,21)(H,20,22). The number of amides is 2. The molecule has 130 valence electrons. The van der Waals surface area contributed by atoms with Crippen molar-refractivity contribution < 1.29 is 19.1 Å². The molecule has 0 heterocycles. The summed E-state index contributed by atoms with van der Waals surface area (Å²) in [6.07, 6.45) is 2.74. The van der Waals surface area contributed by atoms with Crippen molar-refractivity contribution in [2.75, 3.05) is 19.8 Å². The van der Waals surface area contributed by atoms with E-state index in [0.29, 0.717) is 29.4 Å². The maximum atomic E-state index is 11.7. The smallest absolute Gasteiger partial charge is 0.257 e. The number of carbonyl (C=O) groups is 2. The fourth-order valence-corrected chi connectivity index (χ4v) is 1.93. The molecule has 0 aliphatic heterocycles. The molecule has 1 aliphatic carbocycles. The molecule has 7 heteroatoms. The number of benzene rings is 1. The van der Waals surface area contributed by atoms with Gasteiger partial charge in [-0.25, -0.2) is 0 Å². The van der Waals surface area contributed by atoms with Gasteiger partial charge < -0.3 is 20.1 Å². The summed E-state index contributed by atoms with van der Waals surface area (Å²) >= 11 is 5.77. The number of rotatable bonds is 10. The maximum absolute atomic E-state index is 11.7. The number of hydrogen-bond acceptors (Lipinski definition) is 4. The zero-order valence-electron chi connectivity index (χ0n) is 13.3. The second-order valence-electron chi connectivity index (χ2n) is 5.50. The molecule has 2 rings (SSSR count). The van der Waals surface area contributed by atoms with Crippen LogP contribution in [0.25, 0.3) is 0 Å². The first kappa shape index (κ1) is 18.3. The summed E-state index contributed by atoms with van der Waals surface area (Å²) in [5.41, 5.74) is 0.540. The van der Waals surface area contributed by atoms with E-state index in [1.54, 1.807) is 24.3 Å². The van der Waals surface area contributed by atoms with Crippen LogP contribution in [0.5, 0.6) is 5.75 Å². The monoisotopic (exact) mass is 352 g/mol. The Morgan fingerprint density at radius 1 is 1.17 bits per heavy atom. The van der Waals surface area contributed by atoms with Crippen LogP contribution < -0.4 is 15.4 Å². The van der Waals surface area contributed by atoms with E-state index in [0.717, 1.165) is 12.8 Å². The van der Waals surface area contributed by atoms with Crippen LogP contribution in [0.4, 0.5) is 0 Å². The van der Waals surface area contributed by atoms with Crippen LogP contribution in [0.3, 0.4) is 0 Å². The number of hydrogen-bond donors (Lipinski definition) is 2. The van der Waals surface area contributed by atoms with Crippen molar-refractivity contribution in [3.63, 3.8) is 0 Å². The van der Waals surface area contributed by atoms with Crippen molar-refractivity contribution in [2.45, 2.75) is 25.4 Å². The van der Waals surface area contributed by atoms with Gasteiger partial charge in [0.15, 0.2) is 6.61 Å². The molecule has 2 amide bonds. The molecule has 2 N–H and O–H groups in total. The van der Waals surface area contributed by atoms with Crippen LogP contribution in [0.1, 0.15) is 19.3 Å². The van der Waals surface area contributed by atoms with Crippen molar-refractivity contribution >= 4 is 23.4 Å². The predicted molar refractivity (Wildman–Crippen MR) is 90.8 cm³/mol. The van der Waals surface area contributed by atoms with Crippen molar-refractivity contribution in [1.82, 2.24) is 10.6 Å². The quantitative estimate of drug-likeness (QED) is 0.675. The molecule has 0 bridgehead atoms. The first-order chi connectivity index (χ1) is 11.5. The van der Waals surface area contributed by atoms with Crippen LogP contribution in [-0.4, -0.2) is 37.7 Å². The van der Waals surface area contributed by atoms with E-state index in [9.17, 15) is 9.59 Å². The van der Waals surface area contributed by atoms with Crippen LogP contribution in [0, 0.1) is 0 Å². The molecule has 0 unspecified atom stereocenters. The fraction of sp³-hybridized carbons (Fsp3) is 0.412. The third-order valence-electron chi connectivity index (χ3n) is 3.22. The lowest BCUT2D eigenvalue weighted by Gasteiger charge is -2.10. The largest absolute Gasteiger partial charge is 0.484 e. The van der Waals surface area contributed by atoms with Crippen molar-refractivity contribution in [3.8, 4) is 5.75 Å². The lowest BCUT2D eigenvalue weighted by atomic mass is 10.3. The minimum Gasteiger partial charge on any atom is -0.484 e. The first-order valence-electron chi connectivity index (χ1n) is 7.77. The highest BCUT2D eigenvalue weighted by molar-refractivity contribution is 6.30. The van der Waals surface area contributed by atoms with E-state index in [4.69, 9.17) is 21.1 Å². The molecular formula is C17H21ClN2O4. The molecule has 0 aromatic heterocycles. The van der Waals surface area contributed by atoms with Gasteiger partial charge in [0, 0.05) is 23.7 Å². The minimum absolute atomic E-state index is 0.0466. The van der Waals surface area contributed by atoms with E-state index in [2.05, 4.69) is 17.2 Å². The summed E-state index contributed by atoms with van der Waals surface area (Å²) in [5, 5.41) is 5.95. The summed E-state index contributed by atoms with van der Waals surface area (Å²) in [4.78, 5) is 23.2. The molecule has 1 fully saturated rings. The van der Waals surface area contributed by atoms with E-state index in [1.165, 1.54) is 0 Å². The van der Waals surface area contributed by atoms with Crippen LogP contribution in [0.2, 0.25) is 5.02 Å². The highest BCUT2D eigenvalue weighted by Crippen LogP contribution is 2.22. The summed E-state index contributed by atoms with van der Waals surface area (Å²) in [6.45, 7) is 4.08. The number of halogens is 1. The van der Waals surface area contributed by atoms with Gasteiger partial charge in [-0.2, -0.15) is 0 Å². The molecule has 0 radical (unpaired) electrons. The number of carbonyl (C=O) groups excluding carboxylic acids is 2. The van der Waals surface area contributed by atoms with Gasteiger partial charge in [-0.05, 0) is 37.1 Å². The normalized spacial score (nSPS) is 13.2. The highest BCUT2D eigenvalue weighted by atomic mass is 35.5. The fourth-order valence-electron chi connectivity index (χ4n) is 1.81. The SMILES string of the molecule is C=C(CCNC(=O)COc1ccc(Cl)cc1)NC(=O)COC1CC1. The first-order valence-corrected chi connectivity index (χ1v) is 8.15. The predicted octanol–water partition coefficient (Wildman–Crippen LogP) is 2.03. The molecule has 0 spiro atoms. The average molecular weight is 353 g/mol. The Hall–Kier alpha value is -2.05. The second-order valence-corrected chi connectivity index (χ2v) is 5.94. The molecule has 1 aliphatic rings. The molecule has 1 aromatic rings. The number of nitrogens with one attached hydrogen (secondary N) is 2. The van der Waals surface area contributed by atoms with Crippen molar-refractivity contribution in [3.05, 3.63) is 41.6 Å². The third-order valence-corrected chi connectivity index (χ3v) is 3.48. The van der Waals surface area contributed by atoms with Crippen LogP contribution in [0.15, 0.2) is 36.5 Å². The van der Waals surface area contributed by atoms with Gasteiger partial charge >= 0.3 is 0 Å². The van der Waals surface area contributed by atoms with Crippen molar-refractivity contribution in [1.29, 1.82) is 0 Å². The van der Waals surface area contributed by atoms with Gasteiger partial charge in [0.2, 0.25) is 5.91 Å². The highest BCUT2D eigenvalue weighted by Gasteiger charge is 2.22. The Kier molecular flexibility index (Phi) is 7.08. The summed E-state index contributed by atoms with van der Waals surface area (Å²) < 4.78 is 10.6. The van der Waals surface area contributed by atoms with Gasteiger partial charge in [-0.3, -0.25) is 9.59 Å². The maximum Gasteiger partial charge on any atom is 0.257 e. The van der Waals surface area contributed by atoms with Gasteiger partial charge in [-0.15, -0.1) is 0 Å².